The van der Waals surface area contributed by atoms with Crippen LogP contribution in [0.15, 0.2) is 66.7 Å². The summed E-state index contributed by atoms with van der Waals surface area (Å²) in [4.78, 5) is 24.4. The van der Waals surface area contributed by atoms with E-state index < -0.39 is 53.7 Å². The van der Waals surface area contributed by atoms with Crippen molar-refractivity contribution in [2.45, 2.75) is 38.4 Å². The molecule has 0 radical (unpaired) electrons. The zero-order valence-electron chi connectivity index (χ0n) is 19.9. The summed E-state index contributed by atoms with van der Waals surface area (Å²) in [5.74, 6) is -3.45. The minimum atomic E-state index is -5.84. The number of alkyl halides is 6. The second kappa shape index (κ2) is 10.8. The topological polar surface area (TPSA) is 85.6 Å². The highest BCUT2D eigenvalue weighted by Crippen LogP contribution is 2.59. The molecule has 1 saturated carbocycles. The number of rotatable bonds is 8. The maximum absolute atomic E-state index is 12.8. The van der Waals surface area contributed by atoms with Gasteiger partial charge >= 0.3 is 24.3 Å². The molecule has 0 aliphatic heterocycles. The first kappa shape index (κ1) is 28.6. The standard InChI is InChI=1S/C26H21F6NO5/c1-24(2)18(11-12-20(34)38-23(25(27,28)29)26(30,31)32)21(24)22(35)37-19(14-33)15-7-6-10-17(13-15)36-16-8-4-3-5-9-16/h3-13,18-19,21,23H,1-2H3/t18-,19+,21-/m0/s1. The summed E-state index contributed by atoms with van der Waals surface area (Å²) in [7, 11) is 0. The van der Waals surface area contributed by atoms with E-state index in [1.165, 1.54) is 6.07 Å². The first-order chi connectivity index (χ1) is 17.6. The summed E-state index contributed by atoms with van der Waals surface area (Å²) in [5.41, 5.74) is -0.534. The zero-order chi connectivity index (χ0) is 28.3. The van der Waals surface area contributed by atoms with Crippen molar-refractivity contribution in [1.29, 1.82) is 5.26 Å². The first-order valence-corrected chi connectivity index (χ1v) is 11.1. The highest BCUT2D eigenvalue weighted by Gasteiger charge is 2.62. The van der Waals surface area contributed by atoms with Crippen molar-refractivity contribution in [2.24, 2.45) is 17.3 Å². The number of ether oxygens (including phenoxy) is 3. The number of carbonyl (C=O) groups excluding carboxylic acids is 2. The second-order valence-corrected chi connectivity index (χ2v) is 9.02. The van der Waals surface area contributed by atoms with E-state index in [0.717, 1.165) is 6.08 Å². The van der Waals surface area contributed by atoms with Crippen LogP contribution in [0.25, 0.3) is 0 Å². The summed E-state index contributed by atoms with van der Waals surface area (Å²) in [6.45, 7) is 3.17. The Morgan fingerprint density at radius 1 is 0.947 bits per heavy atom. The van der Waals surface area contributed by atoms with Crippen LogP contribution in [-0.2, 0) is 19.1 Å². The molecule has 1 fully saturated rings. The minimum absolute atomic E-state index is 0.314. The Bertz CT molecular complexity index is 1220. The van der Waals surface area contributed by atoms with Gasteiger partial charge in [0.25, 0.3) is 6.10 Å². The molecule has 38 heavy (non-hydrogen) atoms. The summed E-state index contributed by atoms with van der Waals surface area (Å²) >= 11 is 0. The number of halogens is 6. The molecule has 2 aromatic rings. The fourth-order valence-electron chi connectivity index (χ4n) is 3.87. The van der Waals surface area contributed by atoms with Crippen molar-refractivity contribution in [3.63, 3.8) is 0 Å². The van der Waals surface area contributed by atoms with E-state index in [0.29, 0.717) is 23.1 Å². The Hall–Kier alpha value is -4.01. The van der Waals surface area contributed by atoms with Crippen molar-refractivity contribution in [3.05, 3.63) is 72.3 Å². The number of benzene rings is 2. The van der Waals surface area contributed by atoms with Gasteiger partial charge < -0.3 is 14.2 Å². The lowest BCUT2D eigenvalue weighted by atomic mass is 10.1. The highest BCUT2D eigenvalue weighted by molar-refractivity contribution is 5.83. The Balaban J connectivity index is 1.65. The molecule has 0 amide bonds. The fraction of sp³-hybridized carbons (Fsp3) is 0.346. The molecule has 0 bridgehead atoms. The molecular formula is C26H21F6NO5. The third-order valence-corrected chi connectivity index (χ3v) is 5.92. The molecule has 12 heteroatoms. The number of allylic oxidation sites excluding steroid dienone is 1. The largest absolute Gasteiger partial charge is 0.457 e. The first-order valence-electron chi connectivity index (χ1n) is 11.1. The Kier molecular flexibility index (Phi) is 8.09. The van der Waals surface area contributed by atoms with Gasteiger partial charge in [-0.2, -0.15) is 31.6 Å². The molecule has 0 saturated heterocycles. The van der Waals surface area contributed by atoms with E-state index in [9.17, 15) is 41.2 Å². The quantitative estimate of drug-likeness (QED) is 0.217. The van der Waals surface area contributed by atoms with Gasteiger partial charge in [0, 0.05) is 11.6 Å². The number of hydrogen-bond donors (Lipinski definition) is 0. The van der Waals surface area contributed by atoms with Crippen molar-refractivity contribution < 1.29 is 50.1 Å². The van der Waals surface area contributed by atoms with E-state index in [1.807, 2.05) is 6.07 Å². The summed E-state index contributed by atoms with van der Waals surface area (Å²) in [5, 5.41) is 9.57. The molecule has 0 N–H and O–H groups in total. The molecule has 2 aromatic carbocycles. The van der Waals surface area contributed by atoms with Crippen molar-refractivity contribution in [3.8, 4) is 17.6 Å². The summed E-state index contributed by atoms with van der Waals surface area (Å²) in [6.07, 6.45) is -15.9. The van der Waals surface area contributed by atoms with Crippen LogP contribution in [0.1, 0.15) is 25.5 Å². The number of carbonyl (C=O) groups is 2. The normalized spacial score (nSPS) is 19.5. The van der Waals surface area contributed by atoms with Gasteiger partial charge in [0.2, 0.25) is 6.10 Å². The molecule has 0 spiro atoms. The second-order valence-electron chi connectivity index (χ2n) is 9.02. The predicted octanol–water partition coefficient (Wildman–Crippen LogP) is 6.45. The SMILES string of the molecule is CC1(C)[C@H](C(=O)O[C@H](C#N)c2cccc(Oc3ccccc3)c2)[C@@H]1C=CC(=O)OC(C(F)(F)F)C(F)(F)F. The monoisotopic (exact) mass is 541 g/mol. The third kappa shape index (κ3) is 6.85. The highest BCUT2D eigenvalue weighted by atomic mass is 19.4. The van der Waals surface area contributed by atoms with Crippen LogP contribution in [0, 0.1) is 28.6 Å². The lowest BCUT2D eigenvalue weighted by Gasteiger charge is -2.22. The molecule has 3 rings (SSSR count). The van der Waals surface area contributed by atoms with Crippen LogP contribution >= 0.6 is 0 Å². The maximum Gasteiger partial charge on any atom is 0.434 e. The zero-order valence-corrected chi connectivity index (χ0v) is 19.9. The van der Waals surface area contributed by atoms with Crippen LogP contribution in [0.2, 0.25) is 0 Å². The van der Waals surface area contributed by atoms with Gasteiger partial charge in [-0.15, -0.1) is 0 Å². The van der Waals surface area contributed by atoms with Gasteiger partial charge in [0.1, 0.15) is 17.6 Å². The Morgan fingerprint density at radius 3 is 2.13 bits per heavy atom. The number of esters is 2. The van der Waals surface area contributed by atoms with Crippen molar-refractivity contribution in [2.75, 3.05) is 0 Å². The smallest absolute Gasteiger partial charge is 0.434 e. The van der Waals surface area contributed by atoms with Crippen LogP contribution in [0.4, 0.5) is 26.3 Å². The van der Waals surface area contributed by atoms with Gasteiger partial charge in [0.15, 0.2) is 0 Å². The molecule has 0 unspecified atom stereocenters. The molecule has 3 atom stereocenters. The number of para-hydroxylation sites is 1. The van der Waals surface area contributed by atoms with Gasteiger partial charge in [-0.25, -0.2) is 4.79 Å². The predicted molar refractivity (Wildman–Crippen MR) is 119 cm³/mol. The van der Waals surface area contributed by atoms with E-state index in [1.54, 1.807) is 62.4 Å². The van der Waals surface area contributed by atoms with Gasteiger partial charge in [-0.05, 0) is 35.6 Å². The average molecular weight is 541 g/mol. The number of nitriles is 1. The van der Waals surface area contributed by atoms with Crippen molar-refractivity contribution >= 4 is 11.9 Å². The van der Waals surface area contributed by atoms with E-state index in [2.05, 4.69) is 4.74 Å². The van der Waals surface area contributed by atoms with Crippen molar-refractivity contribution in [1.82, 2.24) is 0 Å². The third-order valence-electron chi connectivity index (χ3n) is 5.92. The maximum atomic E-state index is 12.8. The minimum Gasteiger partial charge on any atom is -0.457 e. The number of nitrogens with zero attached hydrogens (tertiary/aromatic N) is 1. The van der Waals surface area contributed by atoms with Crippen LogP contribution in [0.5, 0.6) is 11.5 Å². The molecular weight excluding hydrogens is 520 g/mol. The van der Waals surface area contributed by atoms with E-state index >= 15 is 0 Å². The Labute approximate surface area is 213 Å². The molecule has 0 aromatic heterocycles. The lowest BCUT2D eigenvalue weighted by molar-refractivity contribution is -0.312. The van der Waals surface area contributed by atoms with Crippen LogP contribution in [0.3, 0.4) is 0 Å². The molecule has 0 heterocycles. The van der Waals surface area contributed by atoms with E-state index in [4.69, 9.17) is 9.47 Å². The summed E-state index contributed by atoms with van der Waals surface area (Å²) in [6, 6.07) is 16.9. The molecule has 6 nitrogen and oxygen atoms in total. The molecule has 202 valence electrons. The average Bonchev–Trinajstić information content (AvgIpc) is 3.39. The van der Waals surface area contributed by atoms with Crippen LogP contribution < -0.4 is 4.74 Å². The number of hydrogen-bond acceptors (Lipinski definition) is 6. The van der Waals surface area contributed by atoms with Gasteiger partial charge in [-0.3, -0.25) is 4.79 Å². The summed E-state index contributed by atoms with van der Waals surface area (Å²) < 4.78 is 90.2. The Morgan fingerprint density at radius 2 is 1.55 bits per heavy atom. The van der Waals surface area contributed by atoms with Gasteiger partial charge in [0.05, 0.1) is 5.92 Å². The fourth-order valence-corrected chi connectivity index (χ4v) is 3.87. The lowest BCUT2D eigenvalue weighted by Crippen LogP contribution is -2.45. The van der Waals surface area contributed by atoms with Gasteiger partial charge in [-0.1, -0.05) is 50.3 Å². The van der Waals surface area contributed by atoms with E-state index in [-0.39, 0.29) is 0 Å². The molecule has 1 aliphatic carbocycles. The molecule has 1 aliphatic rings. The van der Waals surface area contributed by atoms with Crippen LogP contribution in [-0.4, -0.2) is 30.4 Å².